The molecule has 6 nitrogen and oxygen atoms in total. The van der Waals surface area contributed by atoms with Crippen LogP contribution >= 0.6 is 15.9 Å². The molecule has 2 aliphatic rings. The molecule has 2 atom stereocenters. The Kier molecular flexibility index (Phi) is 5.27. The lowest BCUT2D eigenvalue weighted by Crippen LogP contribution is -2.42. The van der Waals surface area contributed by atoms with Gasteiger partial charge in [-0.25, -0.2) is 0 Å². The summed E-state index contributed by atoms with van der Waals surface area (Å²) in [6, 6.07) is 5.77. The highest BCUT2D eigenvalue weighted by molar-refractivity contribution is 9.10. The lowest BCUT2D eigenvalue weighted by atomic mass is 9.89. The van der Waals surface area contributed by atoms with Crippen molar-refractivity contribution < 1.29 is 9.59 Å². The average Bonchev–Trinajstić information content (AvgIpc) is 3.04. The lowest BCUT2D eigenvalue weighted by molar-refractivity contribution is -0.131. The Hall–Kier alpha value is -2.02. The van der Waals surface area contributed by atoms with E-state index in [2.05, 4.69) is 15.9 Å². The van der Waals surface area contributed by atoms with E-state index in [1.54, 1.807) is 23.9 Å². The minimum absolute atomic E-state index is 0.0160. The topological polar surface area (TPSA) is 65.3 Å². The van der Waals surface area contributed by atoms with Crippen LogP contribution in [0.2, 0.25) is 0 Å². The highest BCUT2D eigenvalue weighted by Crippen LogP contribution is 2.36. The van der Waals surface area contributed by atoms with Gasteiger partial charge >= 0.3 is 0 Å². The van der Waals surface area contributed by atoms with Crippen LogP contribution < -0.4 is 0 Å². The number of halogens is 1. The molecule has 156 valence electrons. The number of amides is 2. The third kappa shape index (κ3) is 3.05. The molecule has 1 aromatic carbocycles. The van der Waals surface area contributed by atoms with E-state index in [-0.39, 0.29) is 23.7 Å². The number of likely N-dealkylation sites (N-methyl/N-ethyl adjacent to an activating group) is 2. The van der Waals surface area contributed by atoms with E-state index in [9.17, 15) is 9.59 Å². The highest BCUT2D eigenvalue weighted by Gasteiger charge is 2.47. The molecule has 29 heavy (non-hydrogen) atoms. The number of hydrogen-bond acceptors (Lipinski definition) is 4. The van der Waals surface area contributed by atoms with Gasteiger partial charge in [0.1, 0.15) is 22.7 Å². The van der Waals surface area contributed by atoms with Gasteiger partial charge in [-0.3, -0.25) is 29.4 Å². The summed E-state index contributed by atoms with van der Waals surface area (Å²) in [4.78, 5) is 38.6. The Morgan fingerprint density at radius 3 is 1.45 bits per heavy atom. The predicted octanol–water partition coefficient (Wildman–Crippen LogP) is 3.72. The monoisotopic (exact) mass is 460 g/mol. The van der Waals surface area contributed by atoms with Crippen molar-refractivity contribution in [1.82, 2.24) is 9.80 Å². The first kappa shape index (κ1) is 21.7. The van der Waals surface area contributed by atoms with Crippen LogP contribution in [0.3, 0.4) is 0 Å². The summed E-state index contributed by atoms with van der Waals surface area (Å²) in [5.41, 5.74) is 0.0506. The maximum absolute atomic E-state index is 12.9. The fourth-order valence-electron chi connectivity index (χ4n) is 3.67. The second-order valence-corrected chi connectivity index (χ2v) is 9.66. The molecule has 3 rings (SSSR count). The van der Waals surface area contributed by atoms with Crippen LogP contribution in [0.1, 0.15) is 52.7 Å². The third-order valence-electron chi connectivity index (χ3n) is 6.52. The second-order valence-electron chi connectivity index (χ2n) is 8.87. The minimum Gasteiger partial charge on any atom is -0.298 e. The summed E-state index contributed by atoms with van der Waals surface area (Å²) in [5, 5.41) is 0. The summed E-state index contributed by atoms with van der Waals surface area (Å²) >= 11 is 3.71. The maximum Gasteiger partial charge on any atom is 0.255 e. The molecule has 0 radical (unpaired) electrons. The van der Waals surface area contributed by atoms with Crippen LogP contribution in [0.25, 0.3) is 0 Å². The van der Waals surface area contributed by atoms with Gasteiger partial charge in [0, 0.05) is 29.7 Å². The van der Waals surface area contributed by atoms with E-state index < -0.39 is 11.1 Å². The molecule has 0 aromatic heterocycles. The zero-order valence-corrected chi connectivity index (χ0v) is 20.0. The van der Waals surface area contributed by atoms with Crippen LogP contribution in [0, 0.1) is 11.8 Å². The molecule has 2 heterocycles. The van der Waals surface area contributed by atoms with Gasteiger partial charge in [0.2, 0.25) is 0 Å². The van der Waals surface area contributed by atoms with Gasteiger partial charge in [0.15, 0.2) is 0 Å². The standard InChI is InChI=1S/C22H29BrN4O2/c1-12(2)21(5)19(28)26(7)17(24-21)14-10-9-11-15(16(14)23)18-25-22(6,13(3)4)20(29)27(18)8/h9-13H,1-8H3/t21-,22-/m0/s1. The number of rotatable bonds is 4. The van der Waals surface area contributed by atoms with Crippen molar-refractivity contribution in [2.75, 3.05) is 14.1 Å². The van der Waals surface area contributed by atoms with Crippen molar-refractivity contribution in [2.45, 2.75) is 52.6 Å². The molecule has 0 saturated heterocycles. The summed E-state index contributed by atoms with van der Waals surface area (Å²) in [6.07, 6.45) is 0. The first-order valence-electron chi connectivity index (χ1n) is 9.91. The number of hydrogen-bond donors (Lipinski definition) is 0. The molecule has 0 unspecified atom stereocenters. The molecule has 2 aliphatic heterocycles. The summed E-state index contributed by atoms with van der Waals surface area (Å²) < 4.78 is 0.776. The first-order valence-corrected chi connectivity index (χ1v) is 10.7. The lowest BCUT2D eigenvalue weighted by Gasteiger charge is -2.24. The zero-order chi connectivity index (χ0) is 21.9. The fraction of sp³-hybridized carbons (Fsp3) is 0.545. The molecule has 7 heteroatoms. The zero-order valence-electron chi connectivity index (χ0n) is 18.4. The summed E-state index contributed by atoms with van der Waals surface area (Å²) in [5.74, 6) is 1.37. The summed E-state index contributed by atoms with van der Waals surface area (Å²) in [6.45, 7) is 11.8. The number of amidine groups is 2. The quantitative estimate of drug-likeness (QED) is 0.686. The van der Waals surface area contributed by atoms with Gasteiger partial charge < -0.3 is 0 Å². The third-order valence-corrected chi connectivity index (χ3v) is 7.37. The van der Waals surface area contributed by atoms with Gasteiger partial charge in [-0.05, 0) is 41.6 Å². The van der Waals surface area contributed by atoms with Crippen LogP contribution in [0.4, 0.5) is 0 Å². The number of carbonyl (C=O) groups excluding carboxylic acids is 2. The van der Waals surface area contributed by atoms with Crippen molar-refractivity contribution in [1.29, 1.82) is 0 Å². The van der Waals surface area contributed by atoms with Gasteiger partial charge in [0.05, 0.1) is 0 Å². The van der Waals surface area contributed by atoms with Gasteiger partial charge in [0.25, 0.3) is 11.8 Å². The van der Waals surface area contributed by atoms with E-state index in [4.69, 9.17) is 9.98 Å². The molecule has 0 N–H and O–H groups in total. The molecular weight excluding hydrogens is 432 g/mol. The van der Waals surface area contributed by atoms with E-state index in [0.29, 0.717) is 11.7 Å². The molecule has 0 aliphatic carbocycles. The maximum atomic E-state index is 12.9. The number of aliphatic imine (C=N–C) groups is 2. The smallest absolute Gasteiger partial charge is 0.255 e. The first-order chi connectivity index (χ1) is 13.4. The minimum atomic E-state index is -0.784. The Bertz CT molecular complexity index is 880. The molecule has 0 saturated carbocycles. The molecule has 0 fully saturated rings. The van der Waals surface area contributed by atoms with Crippen molar-refractivity contribution >= 4 is 39.4 Å². The molecule has 1 aromatic rings. The van der Waals surface area contributed by atoms with Crippen molar-refractivity contribution in [3.63, 3.8) is 0 Å². The van der Waals surface area contributed by atoms with E-state index in [1.807, 2.05) is 59.7 Å². The fourth-order valence-corrected chi connectivity index (χ4v) is 4.29. The Morgan fingerprint density at radius 1 is 0.828 bits per heavy atom. The van der Waals surface area contributed by atoms with Crippen LogP contribution in [0.15, 0.2) is 32.7 Å². The van der Waals surface area contributed by atoms with Gasteiger partial charge in [-0.15, -0.1) is 0 Å². The van der Waals surface area contributed by atoms with Crippen molar-refractivity contribution in [2.24, 2.45) is 21.8 Å². The highest BCUT2D eigenvalue weighted by atomic mass is 79.9. The van der Waals surface area contributed by atoms with Gasteiger partial charge in [-0.2, -0.15) is 0 Å². The average molecular weight is 461 g/mol. The van der Waals surface area contributed by atoms with Crippen molar-refractivity contribution in [3.05, 3.63) is 33.8 Å². The molecule has 0 spiro atoms. The Morgan fingerprint density at radius 2 is 1.17 bits per heavy atom. The van der Waals surface area contributed by atoms with Gasteiger partial charge in [-0.1, -0.05) is 45.9 Å². The van der Waals surface area contributed by atoms with Crippen LogP contribution in [-0.2, 0) is 9.59 Å². The van der Waals surface area contributed by atoms with E-state index >= 15 is 0 Å². The van der Waals surface area contributed by atoms with E-state index in [1.165, 1.54) is 0 Å². The Balaban J connectivity index is 2.14. The second kappa shape index (κ2) is 7.04. The molecule has 2 amide bonds. The van der Waals surface area contributed by atoms with Crippen LogP contribution in [-0.4, -0.2) is 58.5 Å². The number of benzene rings is 1. The van der Waals surface area contributed by atoms with Crippen LogP contribution in [0.5, 0.6) is 0 Å². The SMILES string of the molecule is CC(C)[C@]1(C)N=C(c2cccc(C3=N[C@@](C)(C(C)C)C(=O)N3C)c2Br)N(C)C1=O. The molecular formula is C22H29BrN4O2. The van der Waals surface area contributed by atoms with E-state index in [0.717, 1.165) is 15.6 Å². The predicted molar refractivity (Wildman–Crippen MR) is 119 cm³/mol. The number of nitrogens with zero attached hydrogens (tertiary/aromatic N) is 4. The van der Waals surface area contributed by atoms with Crippen molar-refractivity contribution in [3.8, 4) is 0 Å². The molecule has 0 bridgehead atoms. The largest absolute Gasteiger partial charge is 0.298 e. The Labute approximate surface area is 181 Å². The number of carbonyl (C=O) groups is 2. The summed E-state index contributed by atoms with van der Waals surface area (Å²) in [7, 11) is 3.51. The normalized spacial score (nSPS) is 27.4.